The molecule has 0 aliphatic carbocycles. The van der Waals surface area contributed by atoms with Crippen molar-refractivity contribution in [3.8, 4) is 0 Å². The summed E-state index contributed by atoms with van der Waals surface area (Å²) in [5, 5.41) is 0. The molecule has 0 aromatic heterocycles. The summed E-state index contributed by atoms with van der Waals surface area (Å²) in [6.07, 6.45) is 15.1. The minimum Gasteiger partial charge on any atom is -0.0999 e. The smallest absolute Gasteiger partial charge is 0.0297 e. The lowest BCUT2D eigenvalue weighted by molar-refractivity contribution is 0.533. The fourth-order valence-electron chi connectivity index (χ4n) is 2.25. The molecule has 0 fully saturated rings. The van der Waals surface area contributed by atoms with Gasteiger partial charge in [-0.25, -0.2) is 0 Å². The molecule has 0 saturated heterocycles. The van der Waals surface area contributed by atoms with Crippen LogP contribution in [-0.4, -0.2) is 0 Å². The molecule has 17 heavy (non-hydrogen) atoms. The van der Waals surface area contributed by atoms with Crippen LogP contribution < -0.4 is 0 Å². The van der Waals surface area contributed by atoms with Gasteiger partial charge in [-0.3, -0.25) is 0 Å². The molecule has 0 bridgehead atoms. The van der Waals surface area contributed by atoms with Crippen LogP contribution >= 0.6 is 0 Å². The van der Waals surface area contributed by atoms with Crippen molar-refractivity contribution in [3.63, 3.8) is 0 Å². The van der Waals surface area contributed by atoms with E-state index in [0.717, 1.165) is 5.92 Å². The van der Waals surface area contributed by atoms with Crippen molar-refractivity contribution in [2.75, 3.05) is 0 Å². The van der Waals surface area contributed by atoms with E-state index in [9.17, 15) is 0 Å². The average Bonchev–Trinajstić information content (AvgIpc) is 2.32. The van der Waals surface area contributed by atoms with Crippen LogP contribution in [0.4, 0.5) is 0 Å². The van der Waals surface area contributed by atoms with Gasteiger partial charge in [0, 0.05) is 0 Å². The zero-order chi connectivity index (χ0) is 12.9. The molecule has 0 aliphatic rings. The summed E-state index contributed by atoms with van der Waals surface area (Å²) in [5.74, 6) is 0.830. The van der Waals surface area contributed by atoms with Crippen LogP contribution in [0.25, 0.3) is 0 Å². The van der Waals surface area contributed by atoms with E-state index < -0.39 is 0 Å². The Hall–Kier alpha value is -0.260. The van der Waals surface area contributed by atoms with E-state index in [4.69, 9.17) is 0 Å². The molecular weight excluding hydrogens is 204 g/mol. The maximum absolute atomic E-state index is 4.20. The first-order valence-electron chi connectivity index (χ1n) is 7.87. The van der Waals surface area contributed by atoms with Gasteiger partial charge in [-0.2, -0.15) is 0 Å². The van der Waals surface area contributed by atoms with Crippen molar-refractivity contribution in [1.29, 1.82) is 0 Å². The van der Waals surface area contributed by atoms with E-state index in [0.29, 0.717) is 0 Å². The van der Waals surface area contributed by atoms with Crippen molar-refractivity contribution in [3.05, 3.63) is 12.2 Å². The summed E-state index contributed by atoms with van der Waals surface area (Å²) in [6, 6.07) is 0. The van der Waals surface area contributed by atoms with Gasteiger partial charge >= 0.3 is 0 Å². The van der Waals surface area contributed by atoms with Gasteiger partial charge in [0.2, 0.25) is 0 Å². The van der Waals surface area contributed by atoms with Gasteiger partial charge in [0.25, 0.3) is 0 Å². The second-order valence-electron chi connectivity index (χ2n) is 5.69. The van der Waals surface area contributed by atoms with E-state index in [-0.39, 0.29) is 0 Å². The fraction of sp³-hybridized carbons (Fsp3) is 0.882. The molecule has 0 heterocycles. The third-order valence-electron chi connectivity index (χ3n) is 3.72. The highest BCUT2D eigenvalue weighted by molar-refractivity contribution is 4.94. The Balaban J connectivity index is 3.19. The van der Waals surface area contributed by atoms with Crippen molar-refractivity contribution < 1.29 is 0 Å². The van der Waals surface area contributed by atoms with E-state index in [1.54, 1.807) is 0 Å². The molecule has 1 atom stereocenters. The van der Waals surface area contributed by atoms with Crippen LogP contribution in [0.1, 0.15) is 91.4 Å². The highest BCUT2D eigenvalue weighted by Crippen LogP contribution is 2.18. The third-order valence-corrected chi connectivity index (χ3v) is 3.72. The first-order chi connectivity index (χ1) is 8.20. The van der Waals surface area contributed by atoms with E-state index in [1.165, 1.54) is 76.2 Å². The average molecular weight is 238 g/mol. The lowest BCUT2D eigenvalue weighted by Crippen LogP contribution is -1.94. The molecule has 0 aliphatic heterocycles. The molecule has 0 nitrogen and oxygen atoms in total. The van der Waals surface area contributed by atoms with E-state index in [1.807, 2.05) is 0 Å². The molecule has 1 unspecified atom stereocenters. The molecule has 0 aromatic rings. The summed E-state index contributed by atoms with van der Waals surface area (Å²) in [6.45, 7) is 11.1. The van der Waals surface area contributed by atoms with Crippen LogP contribution in [0.15, 0.2) is 12.2 Å². The summed E-state index contributed by atoms with van der Waals surface area (Å²) < 4.78 is 0. The van der Waals surface area contributed by atoms with Gasteiger partial charge in [-0.1, -0.05) is 84.3 Å². The Kier molecular flexibility index (Phi) is 12.0. The molecule has 0 heteroatoms. The van der Waals surface area contributed by atoms with Crippen molar-refractivity contribution in [2.45, 2.75) is 91.4 Å². The number of hydrogen-bond donors (Lipinski definition) is 0. The maximum atomic E-state index is 4.20. The number of unbranched alkanes of at least 4 members (excludes halogenated alkanes) is 7. The van der Waals surface area contributed by atoms with Crippen molar-refractivity contribution in [2.24, 2.45) is 5.92 Å². The molecule has 102 valence electrons. The monoisotopic (exact) mass is 238 g/mol. The topological polar surface area (TPSA) is 0 Å². The van der Waals surface area contributed by atoms with Crippen molar-refractivity contribution in [1.82, 2.24) is 0 Å². The highest BCUT2D eigenvalue weighted by Gasteiger charge is 2.01. The van der Waals surface area contributed by atoms with Gasteiger partial charge < -0.3 is 0 Å². The molecule has 0 amide bonds. The van der Waals surface area contributed by atoms with E-state index >= 15 is 0 Å². The lowest BCUT2D eigenvalue weighted by atomic mass is 9.96. The molecule has 0 radical (unpaired) electrons. The maximum Gasteiger partial charge on any atom is -0.0297 e. The minimum absolute atomic E-state index is 0.830. The second kappa shape index (κ2) is 12.2. The van der Waals surface area contributed by atoms with Gasteiger partial charge in [0.15, 0.2) is 0 Å². The predicted octanol–water partition coefficient (Wildman–Crippen LogP) is 6.51. The van der Waals surface area contributed by atoms with Gasteiger partial charge in [-0.05, 0) is 25.2 Å². The molecule has 0 rings (SSSR count). The molecule has 0 spiro atoms. The Morgan fingerprint density at radius 2 is 1.41 bits per heavy atom. The predicted molar refractivity (Wildman–Crippen MR) is 80.4 cm³/mol. The summed E-state index contributed by atoms with van der Waals surface area (Å²) in [7, 11) is 0. The highest BCUT2D eigenvalue weighted by atomic mass is 14.1. The van der Waals surface area contributed by atoms with Crippen LogP contribution in [0, 0.1) is 5.92 Å². The third kappa shape index (κ3) is 12.0. The number of hydrogen-bond acceptors (Lipinski definition) is 0. The van der Waals surface area contributed by atoms with E-state index in [2.05, 4.69) is 27.4 Å². The summed E-state index contributed by atoms with van der Waals surface area (Å²) >= 11 is 0. The van der Waals surface area contributed by atoms with Crippen LogP contribution in [-0.2, 0) is 0 Å². The standard InChI is InChI=1S/C17H34/c1-5-7-8-9-10-11-12-13-14-17(4)15-16(3)6-2/h16H,4-15H2,1-3H3. The number of allylic oxidation sites excluding steroid dienone is 1. The SMILES string of the molecule is C=C(CCCCCCCCCC)CC(C)CC. The molecular formula is C17H34. The first-order valence-corrected chi connectivity index (χ1v) is 7.87. The molecule has 0 saturated carbocycles. The summed E-state index contributed by atoms with van der Waals surface area (Å²) in [5.41, 5.74) is 1.48. The Bertz CT molecular complexity index is 169. The minimum atomic E-state index is 0.830. The molecule has 0 N–H and O–H groups in total. The van der Waals surface area contributed by atoms with Crippen molar-refractivity contribution >= 4 is 0 Å². The zero-order valence-electron chi connectivity index (χ0n) is 12.6. The fourth-order valence-corrected chi connectivity index (χ4v) is 2.25. The van der Waals surface area contributed by atoms with Crippen LogP contribution in [0.3, 0.4) is 0 Å². The zero-order valence-corrected chi connectivity index (χ0v) is 12.6. The largest absolute Gasteiger partial charge is 0.0999 e. The lowest BCUT2D eigenvalue weighted by Gasteiger charge is -2.10. The van der Waals surface area contributed by atoms with Gasteiger partial charge in [0.1, 0.15) is 0 Å². The van der Waals surface area contributed by atoms with Crippen LogP contribution in [0.2, 0.25) is 0 Å². The second-order valence-corrected chi connectivity index (χ2v) is 5.69. The Morgan fingerprint density at radius 3 is 1.94 bits per heavy atom. The summed E-state index contributed by atoms with van der Waals surface area (Å²) in [4.78, 5) is 0. The first kappa shape index (κ1) is 16.7. The normalized spacial score (nSPS) is 12.6. The Labute approximate surface area is 110 Å². The molecule has 0 aromatic carbocycles. The quantitative estimate of drug-likeness (QED) is 0.268. The van der Waals surface area contributed by atoms with Crippen LogP contribution in [0.5, 0.6) is 0 Å². The van der Waals surface area contributed by atoms with Gasteiger partial charge in [-0.15, -0.1) is 0 Å². The van der Waals surface area contributed by atoms with Gasteiger partial charge in [0.05, 0.1) is 0 Å². The Morgan fingerprint density at radius 1 is 0.882 bits per heavy atom. The number of rotatable bonds is 12.